The second-order valence-electron chi connectivity index (χ2n) is 3.79. The van der Waals surface area contributed by atoms with Gasteiger partial charge in [0.1, 0.15) is 6.61 Å². The first-order valence-electron chi connectivity index (χ1n) is 5.68. The molecule has 0 spiro atoms. The van der Waals surface area contributed by atoms with Crippen LogP contribution in [0.2, 0.25) is 0 Å². The number of alkyl halides is 1. The van der Waals surface area contributed by atoms with Gasteiger partial charge in [-0.3, -0.25) is 9.69 Å². The van der Waals surface area contributed by atoms with Crippen molar-refractivity contribution in [1.82, 2.24) is 4.90 Å². The van der Waals surface area contributed by atoms with Crippen molar-refractivity contribution in [2.75, 3.05) is 25.6 Å². The molecule has 0 atom stereocenters. The standard InChI is InChI=1S/C13H18ClNO2/c1-12(16)17-10-9-15(8-7-14)11-13-5-3-2-4-6-13/h2-6H,7-11H2,1H3. The molecule has 0 aliphatic carbocycles. The van der Waals surface area contributed by atoms with Crippen LogP contribution in [0, 0.1) is 0 Å². The summed E-state index contributed by atoms with van der Waals surface area (Å²) >= 11 is 5.75. The average Bonchev–Trinajstić information content (AvgIpc) is 2.30. The Morgan fingerprint density at radius 3 is 2.59 bits per heavy atom. The molecule has 1 aromatic carbocycles. The first-order valence-corrected chi connectivity index (χ1v) is 6.21. The molecule has 0 aromatic heterocycles. The van der Waals surface area contributed by atoms with Crippen LogP contribution in [0.25, 0.3) is 0 Å². The van der Waals surface area contributed by atoms with Gasteiger partial charge in [-0.25, -0.2) is 0 Å². The van der Waals surface area contributed by atoms with Crippen molar-refractivity contribution in [2.24, 2.45) is 0 Å². The fraction of sp³-hybridized carbons (Fsp3) is 0.462. The van der Waals surface area contributed by atoms with Gasteiger partial charge >= 0.3 is 5.97 Å². The van der Waals surface area contributed by atoms with Crippen molar-refractivity contribution in [1.29, 1.82) is 0 Å². The van der Waals surface area contributed by atoms with E-state index in [0.29, 0.717) is 19.0 Å². The number of hydrogen-bond acceptors (Lipinski definition) is 3. The molecule has 0 bridgehead atoms. The Hall–Kier alpha value is -1.06. The highest BCUT2D eigenvalue weighted by molar-refractivity contribution is 6.18. The zero-order chi connectivity index (χ0) is 12.5. The van der Waals surface area contributed by atoms with Crippen LogP contribution in [0.1, 0.15) is 12.5 Å². The summed E-state index contributed by atoms with van der Waals surface area (Å²) in [6.07, 6.45) is 0. The van der Waals surface area contributed by atoms with Gasteiger partial charge < -0.3 is 4.74 Å². The van der Waals surface area contributed by atoms with E-state index in [-0.39, 0.29) is 5.97 Å². The van der Waals surface area contributed by atoms with E-state index in [4.69, 9.17) is 16.3 Å². The molecule has 1 rings (SSSR count). The van der Waals surface area contributed by atoms with E-state index in [0.717, 1.165) is 13.1 Å². The maximum atomic E-state index is 10.7. The first kappa shape index (κ1) is 14.0. The number of rotatable bonds is 7. The highest BCUT2D eigenvalue weighted by Gasteiger charge is 2.05. The third kappa shape index (κ3) is 6.29. The molecule has 0 fully saturated rings. The largest absolute Gasteiger partial charge is 0.465 e. The fourth-order valence-electron chi connectivity index (χ4n) is 1.55. The highest BCUT2D eigenvalue weighted by atomic mass is 35.5. The van der Waals surface area contributed by atoms with E-state index < -0.39 is 0 Å². The molecule has 0 N–H and O–H groups in total. The van der Waals surface area contributed by atoms with Gasteiger partial charge in [-0.1, -0.05) is 30.3 Å². The normalized spacial score (nSPS) is 10.5. The van der Waals surface area contributed by atoms with Crippen LogP contribution in [0.5, 0.6) is 0 Å². The Kier molecular flexibility index (Phi) is 6.67. The summed E-state index contributed by atoms with van der Waals surface area (Å²) in [6.45, 7) is 4.16. The number of nitrogens with zero attached hydrogens (tertiary/aromatic N) is 1. The maximum absolute atomic E-state index is 10.7. The van der Waals surface area contributed by atoms with Crippen molar-refractivity contribution < 1.29 is 9.53 Å². The molecule has 0 radical (unpaired) electrons. The summed E-state index contributed by atoms with van der Waals surface area (Å²) in [5, 5.41) is 0. The third-order valence-electron chi connectivity index (χ3n) is 2.36. The molecule has 17 heavy (non-hydrogen) atoms. The molecule has 0 aliphatic heterocycles. The number of esters is 1. The van der Waals surface area contributed by atoms with Crippen molar-refractivity contribution in [3.63, 3.8) is 0 Å². The van der Waals surface area contributed by atoms with Crippen LogP contribution in [0.3, 0.4) is 0 Å². The van der Waals surface area contributed by atoms with Crippen molar-refractivity contribution >= 4 is 17.6 Å². The molecule has 4 heteroatoms. The second kappa shape index (κ2) is 8.09. The van der Waals surface area contributed by atoms with Gasteiger partial charge in [-0.2, -0.15) is 0 Å². The van der Waals surface area contributed by atoms with Crippen LogP contribution < -0.4 is 0 Å². The van der Waals surface area contributed by atoms with Crippen LogP contribution in [0.15, 0.2) is 30.3 Å². The summed E-state index contributed by atoms with van der Waals surface area (Å²) in [7, 11) is 0. The monoisotopic (exact) mass is 255 g/mol. The number of carbonyl (C=O) groups excluding carboxylic acids is 1. The first-order chi connectivity index (χ1) is 8.22. The SMILES string of the molecule is CC(=O)OCCN(CCCl)Cc1ccccc1. The van der Waals surface area contributed by atoms with Gasteiger partial charge in [0.25, 0.3) is 0 Å². The van der Waals surface area contributed by atoms with Crippen LogP contribution >= 0.6 is 11.6 Å². The van der Waals surface area contributed by atoms with Crippen molar-refractivity contribution in [3.05, 3.63) is 35.9 Å². The Morgan fingerprint density at radius 1 is 1.29 bits per heavy atom. The molecule has 0 saturated carbocycles. The lowest BCUT2D eigenvalue weighted by Gasteiger charge is -2.20. The molecule has 0 heterocycles. The summed E-state index contributed by atoms with van der Waals surface area (Å²) in [5.41, 5.74) is 1.24. The molecular weight excluding hydrogens is 238 g/mol. The molecule has 0 aliphatic rings. The zero-order valence-corrected chi connectivity index (χ0v) is 10.8. The van der Waals surface area contributed by atoms with Crippen LogP contribution in [-0.4, -0.2) is 36.4 Å². The van der Waals surface area contributed by atoms with E-state index in [1.54, 1.807) is 0 Å². The van der Waals surface area contributed by atoms with E-state index in [9.17, 15) is 4.79 Å². The predicted octanol–water partition coefficient (Wildman–Crippen LogP) is 2.29. The van der Waals surface area contributed by atoms with E-state index in [2.05, 4.69) is 17.0 Å². The van der Waals surface area contributed by atoms with E-state index in [1.807, 2.05) is 18.2 Å². The van der Waals surface area contributed by atoms with Gasteiger partial charge in [0.05, 0.1) is 0 Å². The molecule has 3 nitrogen and oxygen atoms in total. The Bertz CT molecular complexity index is 329. The summed E-state index contributed by atoms with van der Waals surface area (Å²) in [5.74, 6) is 0.336. The zero-order valence-electron chi connectivity index (χ0n) is 10.1. The lowest BCUT2D eigenvalue weighted by molar-refractivity contribution is -0.141. The number of benzene rings is 1. The Labute approximate surface area is 107 Å². The fourth-order valence-corrected chi connectivity index (χ4v) is 1.79. The Morgan fingerprint density at radius 2 is 2.00 bits per heavy atom. The summed E-state index contributed by atoms with van der Waals surface area (Å²) in [6, 6.07) is 10.2. The minimum atomic E-state index is -0.240. The molecule has 1 aromatic rings. The number of hydrogen-bond donors (Lipinski definition) is 0. The van der Waals surface area contributed by atoms with Crippen LogP contribution in [0.4, 0.5) is 0 Å². The van der Waals surface area contributed by atoms with Crippen LogP contribution in [-0.2, 0) is 16.1 Å². The molecule has 0 amide bonds. The summed E-state index contributed by atoms with van der Waals surface area (Å²) in [4.78, 5) is 12.8. The van der Waals surface area contributed by atoms with Gasteiger partial charge in [0.15, 0.2) is 0 Å². The minimum absolute atomic E-state index is 0.240. The third-order valence-corrected chi connectivity index (χ3v) is 2.53. The lowest BCUT2D eigenvalue weighted by atomic mass is 10.2. The van der Waals surface area contributed by atoms with E-state index in [1.165, 1.54) is 12.5 Å². The quantitative estimate of drug-likeness (QED) is 0.553. The molecular formula is C13H18ClNO2. The summed E-state index contributed by atoms with van der Waals surface area (Å²) < 4.78 is 4.93. The number of halogens is 1. The van der Waals surface area contributed by atoms with E-state index >= 15 is 0 Å². The minimum Gasteiger partial charge on any atom is -0.465 e. The van der Waals surface area contributed by atoms with Gasteiger partial charge in [-0.05, 0) is 5.56 Å². The number of carbonyl (C=O) groups is 1. The highest BCUT2D eigenvalue weighted by Crippen LogP contribution is 2.04. The van der Waals surface area contributed by atoms with Gasteiger partial charge in [0.2, 0.25) is 0 Å². The van der Waals surface area contributed by atoms with Crippen molar-refractivity contribution in [3.8, 4) is 0 Å². The average molecular weight is 256 g/mol. The smallest absolute Gasteiger partial charge is 0.302 e. The van der Waals surface area contributed by atoms with Crippen molar-refractivity contribution in [2.45, 2.75) is 13.5 Å². The molecule has 94 valence electrons. The Balaban J connectivity index is 2.40. The molecule has 0 unspecified atom stereocenters. The molecule has 0 saturated heterocycles. The lowest BCUT2D eigenvalue weighted by Crippen LogP contribution is -2.29. The topological polar surface area (TPSA) is 29.5 Å². The maximum Gasteiger partial charge on any atom is 0.302 e. The second-order valence-corrected chi connectivity index (χ2v) is 4.17. The predicted molar refractivity (Wildman–Crippen MR) is 69.1 cm³/mol. The number of ether oxygens (including phenoxy) is 1. The van der Waals surface area contributed by atoms with Gasteiger partial charge in [0, 0.05) is 32.4 Å². The van der Waals surface area contributed by atoms with Gasteiger partial charge in [-0.15, -0.1) is 11.6 Å².